The average molecular weight is 258 g/mol. The lowest BCUT2D eigenvalue weighted by Crippen LogP contribution is -2.46. The zero-order valence-corrected chi connectivity index (χ0v) is 11.9. The van der Waals surface area contributed by atoms with Crippen LogP contribution in [0.15, 0.2) is 0 Å². The minimum atomic E-state index is 0.842. The summed E-state index contributed by atoms with van der Waals surface area (Å²) in [5.41, 5.74) is 0. The molecule has 1 nitrogen and oxygen atoms in total. The molecule has 0 amide bonds. The van der Waals surface area contributed by atoms with Gasteiger partial charge in [0.2, 0.25) is 0 Å². The van der Waals surface area contributed by atoms with Crippen LogP contribution >= 0.6 is 11.6 Å². The second kappa shape index (κ2) is 7.63. The Hall–Kier alpha value is 0.250. The van der Waals surface area contributed by atoms with E-state index in [9.17, 15) is 0 Å². The quantitative estimate of drug-likeness (QED) is 0.502. The van der Waals surface area contributed by atoms with Gasteiger partial charge in [-0.1, -0.05) is 25.7 Å². The Balaban J connectivity index is 1.67. The number of nitrogens with zero attached hydrogens (tertiary/aromatic N) is 1. The smallest absolute Gasteiger partial charge is 0.0223 e. The van der Waals surface area contributed by atoms with Crippen molar-refractivity contribution >= 4 is 11.6 Å². The van der Waals surface area contributed by atoms with Crippen molar-refractivity contribution < 1.29 is 0 Å². The Morgan fingerprint density at radius 2 is 1.65 bits per heavy atom. The average Bonchev–Trinajstić information content (AvgIpc) is 2.39. The minimum absolute atomic E-state index is 0.842. The molecule has 1 aliphatic heterocycles. The Morgan fingerprint density at radius 3 is 2.53 bits per heavy atom. The van der Waals surface area contributed by atoms with E-state index in [0.717, 1.165) is 17.8 Å². The van der Waals surface area contributed by atoms with Crippen molar-refractivity contribution in [1.82, 2.24) is 4.90 Å². The molecule has 2 heteroatoms. The third-order valence-corrected chi connectivity index (χ3v) is 4.95. The zero-order valence-electron chi connectivity index (χ0n) is 11.2. The summed E-state index contributed by atoms with van der Waals surface area (Å²) >= 11 is 5.71. The highest BCUT2D eigenvalue weighted by Gasteiger charge is 2.32. The summed E-state index contributed by atoms with van der Waals surface area (Å²) in [4.78, 5) is 2.81. The molecule has 1 heterocycles. The van der Waals surface area contributed by atoms with Crippen LogP contribution in [-0.4, -0.2) is 29.9 Å². The van der Waals surface area contributed by atoms with Crippen LogP contribution in [0, 0.1) is 5.92 Å². The molecule has 2 unspecified atom stereocenters. The first-order valence-electron chi connectivity index (χ1n) is 7.72. The number of piperidine rings is 1. The number of likely N-dealkylation sites (tertiary alicyclic amines) is 1. The summed E-state index contributed by atoms with van der Waals surface area (Å²) in [5.74, 6) is 1.88. The maximum Gasteiger partial charge on any atom is 0.0223 e. The topological polar surface area (TPSA) is 3.24 Å². The summed E-state index contributed by atoms with van der Waals surface area (Å²) in [5, 5.41) is 0. The van der Waals surface area contributed by atoms with Crippen LogP contribution in [0.1, 0.15) is 64.2 Å². The van der Waals surface area contributed by atoms with Gasteiger partial charge in [0.05, 0.1) is 0 Å². The number of halogens is 1. The van der Waals surface area contributed by atoms with Crippen molar-refractivity contribution in [1.29, 1.82) is 0 Å². The molecule has 2 atom stereocenters. The molecular weight excluding hydrogens is 230 g/mol. The van der Waals surface area contributed by atoms with E-state index in [1.165, 1.54) is 77.3 Å². The third kappa shape index (κ3) is 4.13. The second-order valence-electron chi connectivity index (χ2n) is 5.89. The highest BCUT2D eigenvalue weighted by atomic mass is 35.5. The Bertz CT molecular complexity index is 205. The van der Waals surface area contributed by atoms with Gasteiger partial charge >= 0.3 is 0 Å². The fourth-order valence-electron chi connectivity index (χ4n) is 3.77. The zero-order chi connectivity index (χ0) is 11.9. The molecule has 17 heavy (non-hydrogen) atoms. The highest BCUT2D eigenvalue weighted by molar-refractivity contribution is 6.17. The lowest BCUT2D eigenvalue weighted by molar-refractivity contribution is 0.0595. The molecule has 2 rings (SSSR count). The summed E-state index contributed by atoms with van der Waals surface area (Å²) in [6.45, 7) is 2.72. The van der Waals surface area contributed by atoms with Gasteiger partial charge in [-0.05, 0) is 57.5 Å². The summed E-state index contributed by atoms with van der Waals surface area (Å²) in [6.07, 6.45) is 14.2. The fourth-order valence-corrected chi connectivity index (χ4v) is 3.96. The molecule has 0 aromatic carbocycles. The van der Waals surface area contributed by atoms with E-state index in [2.05, 4.69) is 4.90 Å². The van der Waals surface area contributed by atoms with Crippen LogP contribution in [0.5, 0.6) is 0 Å². The van der Waals surface area contributed by atoms with Gasteiger partial charge in [0.1, 0.15) is 0 Å². The molecule has 1 saturated carbocycles. The molecule has 2 fully saturated rings. The molecule has 0 spiro atoms. The minimum Gasteiger partial charge on any atom is -0.300 e. The van der Waals surface area contributed by atoms with Gasteiger partial charge in [-0.3, -0.25) is 0 Å². The maximum absolute atomic E-state index is 5.71. The summed E-state index contributed by atoms with van der Waals surface area (Å²) < 4.78 is 0. The normalized spacial score (nSPS) is 30.2. The lowest BCUT2D eigenvalue weighted by atomic mass is 9.78. The first-order chi connectivity index (χ1) is 8.42. The Morgan fingerprint density at radius 1 is 0.882 bits per heavy atom. The molecule has 0 aromatic heterocycles. The Kier molecular flexibility index (Phi) is 6.14. The van der Waals surface area contributed by atoms with Gasteiger partial charge in [-0.25, -0.2) is 0 Å². The SMILES string of the molecule is ClCCCCCCN1CCCC2CCCCC21. The molecule has 100 valence electrons. The van der Waals surface area contributed by atoms with Crippen LogP contribution in [-0.2, 0) is 0 Å². The molecular formula is C15H28ClN. The standard InChI is InChI=1S/C15H28ClN/c16-11-5-1-2-6-12-17-13-7-9-14-8-3-4-10-15(14)17/h14-15H,1-13H2. The molecule has 1 aliphatic carbocycles. The van der Waals surface area contributed by atoms with Gasteiger partial charge in [-0.2, -0.15) is 0 Å². The third-order valence-electron chi connectivity index (χ3n) is 4.69. The number of fused-ring (bicyclic) bond motifs is 1. The Labute approximate surface area is 112 Å². The molecule has 1 saturated heterocycles. The monoisotopic (exact) mass is 257 g/mol. The number of hydrogen-bond acceptors (Lipinski definition) is 1. The van der Waals surface area contributed by atoms with Crippen molar-refractivity contribution in [3.8, 4) is 0 Å². The van der Waals surface area contributed by atoms with Crippen molar-refractivity contribution in [3.05, 3.63) is 0 Å². The van der Waals surface area contributed by atoms with Crippen LogP contribution < -0.4 is 0 Å². The number of unbranched alkanes of at least 4 members (excludes halogenated alkanes) is 3. The number of rotatable bonds is 6. The number of hydrogen-bond donors (Lipinski definition) is 0. The second-order valence-corrected chi connectivity index (χ2v) is 6.27. The van der Waals surface area contributed by atoms with E-state index >= 15 is 0 Å². The van der Waals surface area contributed by atoms with Crippen LogP contribution in [0.2, 0.25) is 0 Å². The predicted molar refractivity (Wildman–Crippen MR) is 75.7 cm³/mol. The summed E-state index contributed by atoms with van der Waals surface area (Å²) in [7, 11) is 0. The van der Waals surface area contributed by atoms with Crippen LogP contribution in [0.25, 0.3) is 0 Å². The molecule has 2 aliphatic rings. The highest BCUT2D eigenvalue weighted by Crippen LogP contribution is 2.35. The molecule has 0 radical (unpaired) electrons. The fraction of sp³-hybridized carbons (Fsp3) is 1.00. The van der Waals surface area contributed by atoms with E-state index < -0.39 is 0 Å². The van der Waals surface area contributed by atoms with Gasteiger partial charge in [0, 0.05) is 11.9 Å². The molecule has 0 bridgehead atoms. The van der Waals surface area contributed by atoms with Gasteiger partial charge < -0.3 is 4.90 Å². The predicted octanol–water partition coefficient (Wildman–Crippen LogP) is 4.44. The molecule has 0 aromatic rings. The van der Waals surface area contributed by atoms with Crippen molar-refractivity contribution in [2.24, 2.45) is 5.92 Å². The molecule has 0 N–H and O–H groups in total. The van der Waals surface area contributed by atoms with Gasteiger partial charge in [0.15, 0.2) is 0 Å². The maximum atomic E-state index is 5.71. The number of alkyl halides is 1. The largest absolute Gasteiger partial charge is 0.300 e. The van der Waals surface area contributed by atoms with E-state index in [0.29, 0.717) is 0 Å². The van der Waals surface area contributed by atoms with Crippen molar-refractivity contribution in [2.45, 2.75) is 70.3 Å². The first kappa shape index (κ1) is 13.7. The van der Waals surface area contributed by atoms with E-state index in [1.54, 1.807) is 0 Å². The first-order valence-corrected chi connectivity index (χ1v) is 8.25. The van der Waals surface area contributed by atoms with Gasteiger partial charge in [0.25, 0.3) is 0 Å². The summed E-state index contributed by atoms with van der Waals surface area (Å²) in [6, 6.07) is 0.950. The van der Waals surface area contributed by atoms with Crippen LogP contribution in [0.3, 0.4) is 0 Å². The van der Waals surface area contributed by atoms with E-state index in [4.69, 9.17) is 11.6 Å². The van der Waals surface area contributed by atoms with Crippen LogP contribution in [0.4, 0.5) is 0 Å². The van der Waals surface area contributed by atoms with E-state index in [1.807, 2.05) is 0 Å². The lowest BCUT2D eigenvalue weighted by Gasteiger charge is -2.44. The van der Waals surface area contributed by atoms with Crippen molar-refractivity contribution in [3.63, 3.8) is 0 Å². The van der Waals surface area contributed by atoms with Crippen molar-refractivity contribution in [2.75, 3.05) is 19.0 Å². The van der Waals surface area contributed by atoms with Gasteiger partial charge in [-0.15, -0.1) is 11.6 Å². The van der Waals surface area contributed by atoms with E-state index in [-0.39, 0.29) is 0 Å².